The van der Waals surface area contributed by atoms with E-state index in [0.717, 1.165) is 28.3 Å². The first-order valence-corrected chi connectivity index (χ1v) is 9.80. The highest BCUT2D eigenvalue weighted by molar-refractivity contribution is 5.83. The molecule has 0 fully saturated rings. The summed E-state index contributed by atoms with van der Waals surface area (Å²) in [5.74, 6) is 1.29. The zero-order chi connectivity index (χ0) is 21.6. The number of phenols is 1. The minimum Gasteiger partial charge on any atom is -0.507 e. The van der Waals surface area contributed by atoms with Gasteiger partial charge in [0.1, 0.15) is 11.5 Å². The number of aryl methyl sites for hydroxylation is 1. The maximum absolute atomic E-state index is 9.90. The second-order valence-corrected chi connectivity index (χ2v) is 6.99. The molecule has 4 aromatic rings. The van der Waals surface area contributed by atoms with Crippen LogP contribution in [0, 0.1) is 6.92 Å². The monoisotopic (exact) mass is 410 g/mol. The molecule has 0 atom stereocenters. The SMILES string of the molecule is COc1ccc(-c2cc(-c3ccc(C)cc3)nc(NN=Cc3ccccc3O)n2)cc1. The van der Waals surface area contributed by atoms with E-state index in [-0.39, 0.29) is 5.75 Å². The molecule has 0 amide bonds. The number of aromatic hydroxyl groups is 1. The van der Waals surface area contributed by atoms with Crippen LogP contribution in [0.25, 0.3) is 22.5 Å². The first-order chi connectivity index (χ1) is 15.1. The molecule has 2 N–H and O–H groups in total. The molecule has 3 aromatic carbocycles. The summed E-state index contributed by atoms with van der Waals surface area (Å²) in [5.41, 5.74) is 8.12. The minimum atomic E-state index is 0.154. The van der Waals surface area contributed by atoms with E-state index in [0.29, 0.717) is 11.5 Å². The third-order valence-corrected chi connectivity index (χ3v) is 4.76. The normalized spacial score (nSPS) is 10.9. The van der Waals surface area contributed by atoms with Gasteiger partial charge < -0.3 is 9.84 Å². The van der Waals surface area contributed by atoms with Crippen LogP contribution in [-0.2, 0) is 0 Å². The Kier molecular flexibility index (Phi) is 5.89. The van der Waals surface area contributed by atoms with Crippen molar-refractivity contribution in [3.8, 4) is 34.0 Å². The number of para-hydroxylation sites is 1. The first kappa shape index (κ1) is 20.1. The standard InChI is InChI=1S/C25H22N4O2/c1-17-7-9-18(10-8-17)22-15-23(19-11-13-21(31-2)14-12-19)28-25(27-22)29-26-16-20-5-3-4-6-24(20)30/h3-16,30H,1-2H3,(H,27,28,29). The Bertz CT molecular complexity index is 1200. The number of rotatable bonds is 6. The molecule has 0 aliphatic rings. The van der Waals surface area contributed by atoms with E-state index in [1.54, 1.807) is 25.3 Å². The number of nitrogens with zero attached hydrogens (tertiary/aromatic N) is 3. The number of benzene rings is 3. The smallest absolute Gasteiger partial charge is 0.244 e. The third-order valence-electron chi connectivity index (χ3n) is 4.76. The molecule has 1 heterocycles. The van der Waals surface area contributed by atoms with Gasteiger partial charge in [0.05, 0.1) is 24.7 Å². The van der Waals surface area contributed by atoms with Crippen molar-refractivity contribution in [2.75, 3.05) is 12.5 Å². The molecule has 0 aliphatic heterocycles. The van der Waals surface area contributed by atoms with Crippen molar-refractivity contribution in [2.45, 2.75) is 6.92 Å². The molecular formula is C25H22N4O2. The van der Waals surface area contributed by atoms with Gasteiger partial charge >= 0.3 is 0 Å². The van der Waals surface area contributed by atoms with Crippen molar-refractivity contribution in [1.29, 1.82) is 0 Å². The van der Waals surface area contributed by atoms with Crippen LogP contribution in [0.1, 0.15) is 11.1 Å². The first-order valence-electron chi connectivity index (χ1n) is 9.80. The highest BCUT2D eigenvalue weighted by atomic mass is 16.5. The minimum absolute atomic E-state index is 0.154. The molecule has 0 unspecified atom stereocenters. The molecule has 0 saturated carbocycles. The third kappa shape index (κ3) is 4.87. The van der Waals surface area contributed by atoms with Gasteiger partial charge in [0.2, 0.25) is 5.95 Å². The number of aromatic nitrogens is 2. The molecule has 0 aliphatic carbocycles. The zero-order valence-electron chi connectivity index (χ0n) is 17.3. The highest BCUT2D eigenvalue weighted by Crippen LogP contribution is 2.27. The molecule has 154 valence electrons. The Hall–Kier alpha value is -4.19. The topological polar surface area (TPSA) is 79.6 Å². The predicted octanol–water partition coefficient (Wildman–Crippen LogP) is 5.28. The molecule has 0 radical (unpaired) electrons. The number of hydrogen-bond donors (Lipinski definition) is 2. The summed E-state index contributed by atoms with van der Waals surface area (Å²) in [6.45, 7) is 2.05. The molecule has 6 heteroatoms. The van der Waals surface area contributed by atoms with Crippen LogP contribution in [0.15, 0.2) is 84.0 Å². The van der Waals surface area contributed by atoms with Gasteiger partial charge in [-0.05, 0) is 49.4 Å². The number of anilines is 1. The Labute approximate surface area is 180 Å². The molecule has 6 nitrogen and oxygen atoms in total. The maximum Gasteiger partial charge on any atom is 0.244 e. The fourth-order valence-corrected chi connectivity index (χ4v) is 3.04. The lowest BCUT2D eigenvalue weighted by Crippen LogP contribution is -2.00. The number of hydrazone groups is 1. The van der Waals surface area contributed by atoms with E-state index in [9.17, 15) is 5.11 Å². The Morgan fingerprint density at radius 2 is 1.48 bits per heavy atom. The van der Waals surface area contributed by atoms with Crippen molar-refractivity contribution < 1.29 is 9.84 Å². The van der Waals surface area contributed by atoms with Gasteiger partial charge in [0, 0.05) is 16.7 Å². The lowest BCUT2D eigenvalue weighted by molar-refractivity contribution is 0.415. The molecule has 0 bridgehead atoms. The Morgan fingerprint density at radius 1 is 0.871 bits per heavy atom. The summed E-state index contributed by atoms with van der Waals surface area (Å²) in [7, 11) is 1.64. The molecule has 0 saturated heterocycles. The fourth-order valence-electron chi connectivity index (χ4n) is 3.04. The second kappa shape index (κ2) is 9.09. The number of ether oxygens (including phenoxy) is 1. The summed E-state index contributed by atoms with van der Waals surface area (Å²) in [6, 6.07) is 24.8. The summed E-state index contributed by atoms with van der Waals surface area (Å²) in [4.78, 5) is 9.24. The molecule has 31 heavy (non-hydrogen) atoms. The molecular weight excluding hydrogens is 388 g/mol. The summed E-state index contributed by atoms with van der Waals surface area (Å²) >= 11 is 0. The van der Waals surface area contributed by atoms with Crippen molar-refractivity contribution in [1.82, 2.24) is 9.97 Å². The van der Waals surface area contributed by atoms with Crippen LogP contribution in [0.2, 0.25) is 0 Å². The quantitative estimate of drug-likeness (QED) is 0.334. The van der Waals surface area contributed by atoms with Gasteiger partial charge in [-0.1, -0.05) is 42.0 Å². The number of phenolic OH excluding ortho intramolecular Hbond substituents is 1. The van der Waals surface area contributed by atoms with Gasteiger partial charge in [0.15, 0.2) is 0 Å². The van der Waals surface area contributed by atoms with E-state index < -0.39 is 0 Å². The van der Waals surface area contributed by atoms with Gasteiger partial charge in [-0.2, -0.15) is 5.10 Å². The van der Waals surface area contributed by atoms with E-state index >= 15 is 0 Å². The number of hydrogen-bond acceptors (Lipinski definition) is 6. The van der Waals surface area contributed by atoms with Gasteiger partial charge in [0.25, 0.3) is 0 Å². The summed E-state index contributed by atoms with van der Waals surface area (Å²) in [5, 5.41) is 14.1. The van der Waals surface area contributed by atoms with Gasteiger partial charge in [-0.15, -0.1) is 0 Å². The second-order valence-electron chi connectivity index (χ2n) is 6.99. The van der Waals surface area contributed by atoms with Crippen LogP contribution in [0.5, 0.6) is 11.5 Å². The Balaban J connectivity index is 1.70. The van der Waals surface area contributed by atoms with Crippen LogP contribution in [0.4, 0.5) is 5.95 Å². The summed E-state index contributed by atoms with van der Waals surface area (Å²) in [6.07, 6.45) is 1.53. The fraction of sp³-hybridized carbons (Fsp3) is 0.0800. The largest absolute Gasteiger partial charge is 0.507 e. The van der Waals surface area contributed by atoms with E-state index in [1.807, 2.05) is 67.6 Å². The average molecular weight is 410 g/mol. The van der Waals surface area contributed by atoms with Gasteiger partial charge in [-0.25, -0.2) is 15.4 Å². The maximum atomic E-state index is 9.90. The van der Waals surface area contributed by atoms with Crippen molar-refractivity contribution in [3.05, 3.63) is 90.0 Å². The molecule has 1 aromatic heterocycles. The molecule has 0 spiro atoms. The zero-order valence-corrected chi connectivity index (χ0v) is 17.3. The van der Waals surface area contributed by atoms with Crippen molar-refractivity contribution >= 4 is 12.2 Å². The molecule has 4 rings (SSSR count). The summed E-state index contributed by atoms with van der Waals surface area (Å²) < 4.78 is 5.25. The van der Waals surface area contributed by atoms with E-state index in [4.69, 9.17) is 4.74 Å². The van der Waals surface area contributed by atoms with Crippen molar-refractivity contribution in [2.24, 2.45) is 5.10 Å². The lowest BCUT2D eigenvalue weighted by atomic mass is 10.1. The highest BCUT2D eigenvalue weighted by Gasteiger charge is 2.09. The predicted molar refractivity (Wildman–Crippen MR) is 124 cm³/mol. The van der Waals surface area contributed by atoms with Gasteiger partial charge in [-0.3, -0.25) is 0 Å². The van der Waals surface area contributed by atoms with Crippen molar-refractivity contribution in [3.63, 3.8) is 0 Å². The number of nitrogens with one attached hydrogen (secondary N) is 1. The lowest BCUT2D eigenvalue weighted by Gasteiger charge is -2.09. The van der Waals surface area contributed by atoms with Crippen LogP contribution in [-0.4, -0.2) is 28.4 Å². The van der Waals surface area contributed by atoms with Crippen LogP contribution < -0.4 is 10.2 Å². The number of methoxy groups -OCH3 is 1. The Morgan fingerprint density at radius 3 is 2.10 bits per heavy atom. The van der Waals surface area contributed by atoms with Crippen LogP contribution in [0.3, 0.4) is 0 Å². The average Bonchev–Trinajstić information content (AvgIpc) is 2.81. The van der Waals surface area contributed by atoms with Crippen LogP contribution >= 0.6 is 0 Å². The van der Waals surface area contributed by atoms with E-state index in [2.05, 4.69) is 20.5 Å². The van der Waals surface area contributed by atoms with E-state index in [1.165, 1.54) is 11.8 Å².